The van der Waals surface area contributed by atoms with Gasteiger partial charge in [-0.15, -0.1) is 0 Å². The van der Waals surface area contributed by atoms with Crippen molar-refractivity contribution in [3.05, 3.63) is 70.7 Å². The van der Waals surface area contributed by atoms with Gasteiger partial charge in [0.2, 0.25) is 0 Å². The Labute approximate surface area is 130 Å². The number of fused-ring (bicyclic) bond motifs is 1. The first-order valence-electron chi connectivity index (χ1n) is 7.12. The van der Waals surface area contributed by atoms with Crippen LogP contribution in [-0.4, -0.2) is 7.05 Å². The van der Waals surface area contributed by atoms with Gasteiger partial charge in [0, 0.05) is 11.6 Å². The van der Waals surface area contributed by atoms with Crippen LogP contribution in [0.15, 0.2) is 54.6 Å². The minimum absolute atomic E-state index is 0.785. The summed E-state index contributed by atoms with van der Waals surface area (Å²) in [5.74, 6) is 0. The van der Waals surface area contributed by atoms with Gasteiger partial charge in [-0.3, -0.25) is 0 Å². The molecule has 0 unspecified atom stereocenters. The fourth-order valence-electron chi connectivity index (χ4n) is 2.80. The molecule has 0 aliphatic rings. The van der Waals surface area contributed by atoms with Gasteiger partial charge in [-0.05, 0) is 53.1 Å². The SMILES string of the molecule is CNCc1ccc(-c2c(C)ccc3ccccc23)cc1Cl. The van der Waals surface area contributed by atoms with E-state index in [1.807, 2.05) is 7.05 Å². The molecule has 0 bridgehead atoms. The Hall–Kier alpha value is -1.83. The van der Waals surface area contributed by atoms with Crippen molar-refractivity contribution in [3.63, 3.8) is 0 Å². The third-order valence-corrected chi connectivity index (χ3v) is 4.20. The second-order valence-corrected chi connectivity index (χ2v) is 5.72. The van der Waals surface area contributed by atoms with Crippen LogP contribution >= 0.6 is 11.6 Å². The smallest absolute Gasteiger partial charge is 0.0457 e. The van der Waals surface area contributed by atoms with Gasteiger partial charge in [0.1, 0.15) is 0 Å². The molecule has 0 amide bonds. The van der Waals surface area contributed by atoms with Gasteiger partial charge in [0.15, 0.2) is 0 Å². The Bertz CT molecular complexity index is 793. The van der Waals surface area contributed by atoms with Crippen LogP contribution in [0.25, 0.3) is 21.9 Å². The first-order valence-corrected chi connectivity index (χ1v) is 7.50. The van der Waals surface area contributed by atoms with Gasteiger partial charge in [-0.1, -0.05) is 60.1 Å². The van der Waals surface area contributed by atoms with Gasteiger partial charge in [-0.25, -0.2) is 0 Å². The van der Waals surface area contributed by atoms with Crippen molar-refractivity contribution < 1.29 is 0 Å². The van der Waals surface area contributed by atoms with Gasteiger partial charge in [0.05, 0.1) is 0 Å². The number of nitrogens with one attached hydrogen (secondary N) is 1. The zero-order chi connectivity index (χ0) is 14.8. The average molecular weight is 296 g/mol. The minimum Gasteiger partial charge on any atom is -0.316 e. The molecule has 106 valence electrons. The molecular formula is C19H18ClN. The maximum atomic E-state index is 6.42. The molecule has 1 N–H and O–H groups in total. The molecule has 3 aromatic rings. The van der Waals surface area contributed by atoms with Crippen molar-refractivity contribution in [1.29, 1.82) is 0 Å². The maximum absolute atomic E-state index is 6.42. The second kappa shape index (κ2) is 5.88. The molecule has 0 saturated carbocycles. The monoisotopic (exact) mass is 295 g/mol. The third kappa shape index (κ3) is 2.67. The highest BCUT2D eigenvalue weighted by atomic mass is 35.5. The molecule has 0 aromatic heterocycles. The first-order chi connectivity index (χ1) is 10.2. The van der Waals surface area contributed by atoms with Gasteiger partial charge in [-0.2, -0.15) is 0 Å². The summed E-state index contributed by atoms with van der Waals surface area (Å²) in [6.45, 7) is 2.94. The Morgan fingerprint density at radius 2 is 1.81 bits per heavy atom. The fourth-order valence-corrected chi connectivity index (χ4v) is 3.05. The van der Waals surface area contributed by atoms with E-state index in [1.165, 1.54) is 27.5 Å². The van der Waals surface area contributed by atoms with E-state index in [9.17, 15) is 0 Å². The van der Waals surface area contributed by atoms with Crippen LogP contribution in [-0.2, 0) is 6.54 Å². The highest BCUT2D eigenvalue weighted by Gasteiger charge is 2.09. The largest absolute Gasteiger partial charge is 0.316 e. The van der Waals surface area contributed by atoms with Gasteiger partial charge >= 0.3 is 0 Å². The van der Waals surface area contributed by atoms with E-state index in [1.54, 1.807) is 0 Å². The number of hydrogen-bond acceptors (Lipinski definition) is 1. The van der Waals surface area contributed by atoms with Crippen molar-refractivity contribution in [1.82, 2.24) is 5.32 Å². The summed E-state index contributed by atoms with van der Waals surface area (Å²) in [5.41, 5.74) is 4.84. The molecule has 21 heavy (non-hydrogen) atoms. The summed E-state index contributed by atoms with van der Waals surface area (Å²) >= 11 is 6.42. The highest BCUT2D eigenvalue weighted by Crippen LogP contribution is 2.34. The lowest BCUT2D eigenvalue weighted by Gasteiger charge is -2.12. The van der Waals surface area contributed by atoms with E-state index in [0.29, 0.717) is 0 Å². The summed E-state index contributed by atoms with van der Waals surface area (Å²) in [6.07, 6.45) is 0. The summed E-state index contributed by atoms with van der Waals surface area (Å²) < 4.78 is 0. The molecule has 0 spiro atoms. The maximum Gasteiger partial charge on any atom is 0.0457 e. The standard InChI is InChI=1S/C19H18ClN/c1-13-7-8-14-5-3-4-6-17(14)19(13)15-9-10-16(12-21-2)18(20)11-15/h3-11,21H,12H2,1-2H3. The molecule has 0 atom stereocenters. The molecule has 1 nitrogen and oxygen atoms in total. The van der Waals surface area contributed by atoms with Crippen LogP contribution in [0.5, 0.6) is 0 Å². The van der Waals surface area contributed by atoms with Crippen LogP contribution in [0.4, 0.5) is 0 Å². The summed E-state index contributed by atoms with van der Waals surface area (Å²) in [4.78, 5) is 0. The topological polar surface area (TPSA) is 12.0 Å². The van der Waals surface area contributed by atoms with Crippen molar-refractivity contribution in [3.8, 4) is 11.1 Å². The molecule has 0 aliphatic heterocycles. The molecule has 0 fully saturated rings. The van der Waals surface area contributed by atoms with Gasteiger partial charge in [0.25, 0.3) is 0 Å². The molecule has 3 aromatic carbocycles. The lowest BCUT2D eigenvalue weighted by atomic mass is 9.93. The lowest BCUT2D eigenvalue weighted by molar-refractivity contribution is 0.818. The van der Waals surface area contributed by atoms with E-state index in [0.717, 1.165) is 17.1 Å². The van der Waals surface area contributed by atoms with E-state index in [-0.39, 0.29) is 0 Å². The van der Waals surface area contributed by atoms with E-state index in [4.69, 9.17) is 11.6 Å². The zero-order valence-corrected chi connectivity index (χ0v) is 13.0. The van der Waals surface area contributed by atoms with Crippen molar-refractivity contribution >= 4 is 22.4 Å². The van der Waals surface area contributed by atoms with E-state index < -0.39 is 0 Å². The Kier molecular flexibility index (Phi) is 3.96. The van der Waals surface area contributed by atoms with Crippen LogP contribution in [0, 0.1) is 6.92 Å². The number of hydrogen-bond donors (Lipinski definition) is 1. The normalized spacial score (nSPS) is 11.0. The fraction of sp³-hybridized carbons (Fsp3) is 0.158. The quantitative estimate of drug-likeness (QED) is 0.701. The third-order valence-electron chi connectivity index (χ3n) is 3.85. The van der Waals surface area contributed by atoms with Crippen LogP contribution in [0.3, 0.4) is 0 Å². The molecule has 0 heterocycles. The summed E-state index contributed by atoms with van der Waals surface area (Å²) in [5, 5.41) is 6.49. The molecule has 3 rings (SSSR count). The number of aryl methyl sites for hydroxylation is 1. The number of benzene rings is 3. The molecule has 0 radical (unpaired) electrons. The summed E-state index contributed by atoms with van der Waals surface area (Å²) in [7, 11) is 1.93. The zero-order valence-electron chi connectivity index (χ0n) is 12.3. The van der Waals surface area contributed by atoms with Crippen molar-refractivity contribution in [2.75, 3.05) is 7.05 Å². The average Bonchev–Trinajstić information content (AvgIpc) is 2.49. The minimum atomic E-state index is 0.785. The van der Waals surface area contributed by atoms with Crippen molar-refractivity contribution in [2.24, 2.45) is 0 Å². The van der Waals surface area contributed by atoms with Gasteiger partial charge < -0.3 is 5.32 Å². The predicted octanol–water partition coefficient (Wildman–Crippen LogP) is 5.19. The van der Waals surface area contributed by atoms with E-state index in [2.05, 4.69) is 66.8 Å². The number of halogens is 1. The molecular weight excluding hydrogens is 278 g/mol. The number of rotatable bonds is 3. The Morgan fingerprint density at radius 1 is 1.00 bits per heavy atom. The van der Waals surface area contributed by atoms with Crippen LogP contribution in [0.1, 0.15) is 11.1 Å². The van der Waals surface area contributed by atoms with Crippen LogP contribution in [0.2, 0.25) is 5.02 Å². The Balaban J connectivity index is 2.20. The summed E-state index contributed by atoms with van der Waals surface area (Å²) in [6, 6.07) is 19.2. The molecule has 0 aliphatic carbocycles. The molecule has 2 heteroatoms. The highest BCUT2D eigenvalue weighted by molar-refractivity contribution is 6.31. The molecule has 0 saturated heterocycles. The second-order valence-electron chi connectivity index (χ2n) is 5.32. The lowest BCUT2D eigenvalue weighted by Crippen LogP contribution is -2.05. The predicted molar refractivity (Wildman–Crippen MR) is 91.9 cm³/mol. The Morgan fingerprint density at radius 3 is 2.57 bits per heavy atom. The van der Waals surface area contributed by atoms with Crippen molar-refractivity contribution in [2.45, 2.75) is 13.5 Å². The first kappa shape index (κ1) is 14.1. The van der Waals surface area contributed by atoms with Crippen LogP contribution < -0.4 is 5.32 Å². The van der Waals surface area contributed by atoms with E-state index >= 15 is 0 Å².